The van der Waals surface area contributed by atoms with Gasteiger partial charge in [0, 0.05) is 36.1 Å². The average Bonchev–Trinajstić information content (AvgIpc) is 3.20. The van der Waals surface area contributed by atoms with Gasteiger partial charge in [0.1, 0.15) is 0 Å². The second kappa shape index (κ2) is 8.92. The maximum absolute atomic E-state index is 12.6. The zero-order valence-corrected chi connectivity index (χ0v) is 18.3. The first-order chi connectivity index (χ1) is 13.6. The predicted octanol–water partition coefficient (Wildman–Crippen LogP) is 1.38. The van der Waals surface area contributed by atoms with Gasteiger partial charge < -0.3 is 5.32 Å². The smallest absolute Gasteiger partial charge is 0.251 e. The molecule has 0 aliphatic carbocycles. The molecule has 29 heavy (non-hydrogen) atoms. The van der Waals surface area contributed by atoms with Crippen LogP contribution in [0.15, 0.2) is 46.7 Å². The highest BCUT2D eigenvalue weighted by atomic mass is 32.2. The van der Waals surface area contributed by atoms with Gasteiger partial charge in [0.05, 0.1) is 11.2 Å². The van der Waals surface area contributed by atoms with Crippen molar-refractivity contribution >= 4 is 37.3 Å². The molecular weight excluding hydrogens is 434 g/mol. The fourth-order valence-corrected chi connectivity index (χ4v) is 5.80. The topological polar surface area (TPSA) is 113 Å². The number of carbonyl (C=O) groups excluding carboxylic acids is 1. The van der Waals surface area contributed by atoms with E-state index in [2.05, 4.69) is 10.0 Å². The summed E-state index contributed by atoms with van der Waals surface area (Å²) in [6, 6.07) is 9.16. The van der Waals surface area contributed by atoms with Crippen molar-refractivity contribution in [3.63, 3.8) is 0 Å². The number of sulfonamides is 2. The number of carbonyl (C=O) groups is 1. The van der Waals surface area contributed by atoms with Crippen LogP contribution in [0.4, 0.5) is 0 Å². The quantitative estimate of drug-likeness (QED) is 0.652. The summed E-state index contributed by atoms with van der Waals surface area (Å²) in [7, 11) is -7.08. The van der Waals surface area contributed by atoms with Crippen molar-refractivity contribution in [3.05, 3.63) is 52.2 Å². The summed E-state index contributed by atoms with van der Waals surface area (Å²) < 4.78 is 52.4. The van der Waals surface area contributed by atoms with Crippen LogP contribution in [0.25, 0.3) is 0 Å². The maximum Gasteiger partial charge on any atom is 0.251 e. The Labute approximate surface area is 175 Å². The van der Waals surface area contributed by atoms with Crippen LogP contribution in [-0.2, 0) is 26.6 Å². The Morgan fingerprint density at radius 1 is 1.21 bits per heavy atom. The van der Waals surface area contributed by atoms with Gasteiger partial charge in [-0.2, -0.15) is 0 Å². The Kier molecular flexibility index (Phi) is 6.74. The van der Waals surface area contributed by atoms with E-state index in [-0.39, 0.29) is 29.6 Å². The molecule has 0 radical (unpaired) electrons. The molecule has 1 aliphatic heterocycles. The Morgan fingerprint density at radius 2 is 2.00 bits per heavy atom. The molecule has 0 spiro atoms. The van der Waals surface area contributed by atoms with Crippen LogP contribution in [0.3, 0.4) is 0 Å². The van der Waals surface area contributed by atoms with Gasteiger partial charge in [-0.25, -0.2) is 25.9 Å². The lowest BCUT2D eigenvalue weighted by molar-refractivity contribution is 0.0921. The first-order valence-electron chi connectivity index (χ1n) is 9.03. The molecule has 11 heteroatoms. The number of nitrogens with one attached hydrogen (secondary N) is 2. The zero-order valence-electron chi connectivity index (χ0n) is 15.9. The van der Waals surface area contributed by atoms with Crippen LogP contribution in [0.5, 0.6) is 0 Å². The Bertz CT molecular complexity index is 1070. The van der Waals surface area contributed by atoms with Crippen molar-refractivity contribution in [3.8, 4) is 0 Å². The van der Waals surface area contributed by atoms with Crippen molar-refractivity contribution in [2.45, 2.75) is 30.3 Å². The minimum atomic E-state index is -3.76. The SMILES string of the molecule is CS(=O)(=O)N1CCCC(NC(=O)c2cccc(S(=O)(=O)NCc3cccs3)c2)C1. The van der Waals surface area contributed by atoms with Crippen LogP contribution in [0.2, 0.25) is 0 Å². The minimum Gasteiger partial charge on any atom is -0.348 e. The van der Waals surface area contributed by atoms with E-state index < -0.39 is 26.0 Å². The molecule has 3 rings (SSSR count). The third-order valence-electron chi connectivity index (χ3n) is 4.61. The molecule has 0 bridgehead atoms. The van der Waals surface area contributed by atoms with Crippen LogP contribution < -0.4 is 10.0 Å². The van der Waals surface area contributed by atoms with Gasteiger partial charge in [0.25, 0.3) is 5.91 Å². The molecule has 1 aromatic heterocycles. The molecule has 1 atom stereocenters. The molecule has 2 aromatic rings. The molecule has 1 fully saturated rings. The normalized spacial score (nSPS) is 18.4. The number of nitrogens with zero attached hydrogens (tertiary/aromatic N) is 1. The molecule has 1 amide bonds. The number of piperidine rings is 1. The second-order valence-electron chi connectivity index (χ2n) is 6.87. The van der Waals surface area contributed by atoms with Crippen molar-refractivity contribution < 1.29 is 21.6 Å². The van der Waals surface area contributed by atoms with Gasteiger partial charge >= 0.3 is 0 Å². The summed E-state index contributed by atoms with van der Waals surface area (Å²) in [5, 5.41) is 4.68. The average molecular weight is 458 g/mol. The van der Waals surface area contributed by atoms with E-state index in [1.54, 1.807) is 0 Å². The molecule has 0 saturated carbocycles. The third-order valence-corrected chi connectivity index (χ3v) is 8.16. The summed E-state index contributed by atoms with van der Waals surface area (Å²) in [5.74, 6) is -0.430. The first-order valence-corrected chi connectivity index (χ1v) is 13.2. The highest BCUT2D eigenvalue weighted by Crippen LogP contribution is 2.16. The van der Waals surface area contributed by atoms with Gasteiger partial charge in [0.15, 0.2) is 0 Å². The fraction of sp³-hybridized carbons (Fsp3) is 0.389. The summed E-state index contributed by atoms with van der Waals surface area (Å²) in [4.78, 5) is 13.5. The van der Waals surface area contributed by atoms with Crippen LogP contribution in [0, 0.1) is 0 Å². The standard InChI is InChI=1S/C18H23N3O5S3/c1-28(23,24)21-9-3-6-15(13-21)20-18(22)14-5-2-8-17(11-14)29(25,26)19-12-16-7-4-10-27-16/h2,4-5,7-8,10-11,15,19H,3,6,9,12-13H2,1H3,(H,20,22). The Morgan fingerprint density at radius 3 is 2.69 bits per heavy atom. The van der Waals surface area contributed by atoms with Gasteiger partial charge in [-0.3, -0.25) is 4.79 Å². The highest BCUT2D eigenvalue weighted by molar-refractivity contribution is 7.89. The van der Waals surface area contributed by atoms with E-state index in [1.165, 1.54) is 39.9 Å². The lowest BCUT2D eigenvalue weighted by atomic mass is 10.1. The molecule has 2 N–H and O–H groups in total. The van der Waals surface area contributed by atoms with Crippen molar-refractivity contribution in [2.75, 3.05) is 19.3 Å². The van der Waals surface area contributed by atoms with Crippen LogP contribution in [-0.4, -0.2) is 52.4 Å². The van der Waals surface area contributed by atoms with Crippen molar-refractivity contribution in [2.24, 2.45) is 0 Å². The molecule has 1 saturated heterocycles. The molecule has 158 valence electrons. The van der Waals surface area contributed by atoms with Crippen molar-refractivity contribution in [1.29, 1.82) is 0 Å². The first kappa shape index (κ1) is 21.9. The third kappa shape index (κ3) is 5.86. The molecular formula is C18H23N3O5S3. The van der Waals surface area contributed by atoms with E-state index in [0.717, 1.165) is 11.1 Å². The number of amides is 1. The van der Waals surface area contributed by atoms with E-state index in [1.807, 2.05) is 17.5 Å². The minimum absolute atomic E-state index is 0.00288. The van der Waals surface area contributed by atoms with Gasteiger partial charge in [0.2, 0.25) is 20.0 Å². The van der Waals surface area contributed by atoms with Gasteiger partial charge in [-0.05, 0) is 42.5 Å². The zero-order chi connectivity index (χ0) is 21.1. The van der Waals surface area contributed by atoms with E-state index in [0.29, 0.717) is 19.4 Å². The van der Waals surface area contributed by atoms with E-state index in [9.17, 15) is 21.6 Å². The Balaban J connectivity index is 1.67. The predicted molar refractivity (Wildman–Crippen MR) is 112 cm³/mol. The summed E-state index contributed by atoms with van der Waals surface area (Å²) >= 11 is 1.45. The number of rotatable bonds is 7. The maximum atomic E-state index is 12.6. The molecule has 1 aromatic carbocycles. The van der Waals surface area contributed by atoms with E-state index in [4.69, 9.17) is 0 Å². The number of hydrogen-bond acceptors (Lipinski definition) is 6. The number of thiophene rings is 1. The molecule has 1 aliphatic rings. The monoisotopic (exact) mass is 457 g/mol. The van der Waals surface area contributed by atoms with Gasteiger partial charge in [-0.15, -0.1) is 11.3 Å². The summed E-state index contributed by atoms with van der Waals surface area (Å²) in [6.07, 6.45) is 2.46. The fourth-order valence-electron chi connectivity index (χ4n) is 3.10. The lowest BCUT2D eigenvalue weighted by Crippen LogP contribution is -2.49. The second-order valence-corrected chi connectivity index (χ2v) is 11.6. The lowest BCUT2D eigenvalue weighted by Gasteiger charge is -2.31. The van der Waals surface area contributed by atoms with Crippen molar-refractivity contribution in [1.82, 2.24) is 14.3 Å². The van der Waals surface area contributed by atoms with Crippen LogP contribution in [0.1, 0.15) is 28.1 Å². The number of hydrogen-bond donors (Lipinski definition) is 2. The summed E-state index contributed by atoms with van der Waals surface area (Å²) in [5.41, 5.74) is 0.209. The van der Waals surface area contributed by atoms with Crippen LogP contribution >= 0.6 is 11.3 Å². The van der Waals surface area contributed by atoms with E-state index >= 15 is 0 Å². The largest absolute Gasteiger partial charge is 0.348 e. The molecule has 2 heterocycles. The molecule has 8 nitrogen and oxygen atoms in total. The Hall–Kier alpha value is -1.79. The highest BCUT2D eigenvalue weighted by Gasteiger charge is 2.27. The molecule has 1 unspecified atom stereocenters. The number of benzene rings is 1. The summed E-state index contributed by atoms with van der Waals surface area (Å²) in [6.45, 7) is 0.833. The van der Waals surface area contributed by atoms with Gasteiger partial charge in [-0.1, -0.05) is 12.1 Å².